The average Bonchev–Trinajstić information content (AvgIpc) is 1.97. The number of hydrogen-bond acceptors (Lipinski definition) is 1. The summed E-state index contributed by atoms with van der Waals surface area (Å²) in [5.41, 5.74) is 1.33. The molecule has 0 heterocycles. The first-order valence-corrected chi connectivity index (χ1v) is 4.63. The summed E-state index contributed by atoms with van der Waals surface area (Å²) in [6.07, 6.45) is 4.22. The van der Waals surface area contributed by atoms with Crippen LogP contribution < -0.4 is 0 Å². The summed E-state index contributed by atoms with van der Waals surface area (Å²) in [5.74, 6) is 0.832. The summed E-state index contributed by atoms with van der Waals surface area (Å²) in [6.45, 7) is 8.13. The molecule has 68 valence electrons. The third-order valence-corrected chi connectivity index (χ3v) is 3.39. The molecule has 0 aromatic carbocycles. The van der Waals surface area contributed by atoms with E-state index in [4.69, 9.17) is 0 Å². The monoisotopic (exact) mass is 166 g/mol. The summed E-state index contributed by atoms with van der Waals surface area (Å²) in [6, 6.07) is 0. The quantitative estimate of drug-likeness (QED) is 0.547. The van der Waals surface area contributed by atoms with Gasteiger partial charge in [0.15, 0.2) is 0 Å². The van der Waals surface area contributed by atoms with Crippen molar-refractivity contribution in [2.24, 2.45) is 11.3 Å². The van der Waals surface area contributed by atoms with Gasteiger partial charge in [-0.15, -0.1) is 0 Å². The van der Waals surface area contributed by atoms with E-state index < -0.39 is 0 Å². The van der Waals surface area contributed by atoms with Gasteiger partial charge in [-0.25, -0.2) is 0 Å². The number of Topliss-reactive ketones (excluding diaryl/α,β-unsaturated/α-hetero) is 1. The third kappa shape index (κ3) is 1.45. The van der Waals surface area contributed by atoms with E-state index in [2.05, 4.69) is 26.8 Å². The van der Waals surface area contributed by atoms with Crippen molar-refractivity contribution in [2.45, 2.75) is 40.5 Å². The number of ketones is 1. The molecule has 0 aromatic rings. The van der Waals surface area contributed by atoms with Crippen LogP contribution in [0.3, 0.4) is 0 Å². The molecule has 1 aliphatic carbocycles. The Morgan fingerprint density at radius 2 is 2.25 bits per heavy atom. The molecule has 0 saturated heterocycles. The normalized spacial score (nSPS) is 36.0. The molecule has 1 rings (SSSR count). The van der Waals surface area contributed by atoms with E-state index in [1.807, 2.05) is 0 Å². The molecule has 1 aliphatic rings. The minimum Gasteiger partial charge on any atom is -0.299 e. The number of carbonyl (C=O) groups excluding carboxylic acids is 1. The molecule has 0 amide bonds. The van der Waals surface area contributed by atoms with Gasteiger partial charge in [0.05, 0.1) is 0 Å². The molecule has 0 bridgehead atoms. The van der Waals surface area contributed by atoms with Gasteiger partial charge in [-0.3, -0.25) is 4.79 Å². The topological polar surface area (TPSA) is 17.1 Å². The van der Waals surface area contributed by atoms with Crippen LogP contribution in [0.25, 0.3) is 0 Å². The summed E-state index contributed by atoms with van der Waals surface area (Å²) in [4.78, 5) is 11.4. The van der Waals surface area contributed by atoms with Crippen molar-refractivity contribution < 1.29 is 4.79 Å². The van der Waals surface area contributed by atoms with Gasteiger partial charge in [-0.05, 0) is 32.6 Å². The van der Waals surface area contributed by atoms with E-state index in [0.717, 1.165) is 12.8 Å². The minimum absolute atomic E-state index is 0.0977. The number of hydrogen-bond donors (Lipinski definition) is 0. The van der Waals surface area contributed by atoms with Crippen LogP contribution in [0.5, 0.6) is 0 Å². The second kappa shape index (κ2) is 3.04. The lowest BCUT2D eigenvalue weighted by Crippen LogP contribution is -2.34. The Balaban J connectivity index is 2.88. The molecule has 0 N–H and O–H groups in total. The summed E-state index contributed by atoms with van der Waals surface area (Å²) < 4.78 is 0. The zero-order chi connectivity index (χ0) is 9.35. The summed E-state index contributed by atoms with van der Waals surface area (Å²) >= 11 is 0. The maximum atomic E-state index is 11.4. The Morgan fingerprint density at radius 1 is 1.67 bits per heavy atom. The first-order valence-electron chi connectivity index (χ1n) is 4.63. The molecule has 1 heteroatoms. The van der Waals surface area contributed by atoms with Gasteiger partial charge in [-0.1, -0.05) is 25.5 Å². The van der Waals surface area contributed by atoms with Crippen LogP contribution in [-0.2, 0) is 4.79 Å². The highest BCUT2D eigenvalue weighted by Crippen LogP contribution is 2.40. The van der Waals surface area contributed by atoms with Crippen molar-refractivity contribution in [1.82, 2.24) is 0 Å². The zero-order valence-corrected chi connectivity index (χ0v) is 8.48. The number of allylic oxidation sites excluding steroid dienone is 2. The second-order valence-corrected chi connectivity index (χ2v) is 4.33. The lowest BCUT2D eigenvalue weighted by Gasteiger charge is -2.36. The molecular weight excluding hydrogens is 148 g/mol. The highest BCUT2D eigenvalue weighted by atomic mass is 16.1. The largest absolute Gasteiger partial charge is 0.299 e. The molecule has 0 fully saturated rings. The minimum atomic E-state index is -0.0977. The Kier molecular flexibility index (Phi) is 2.41. The van der Waals surface area contributed by atoms with Gasteiger partial charge in [0.2, 0.25) is 0 Å². The summed E-state index contributed by atoms with van der Waals surface area (Å²) in [7, 11) is 0. The van der Waals surface area contributed by atoms with Gasteiger partial charge in [0.1, 0.15) is 5.78 Å². The van der Waals surface area contributed by atoms with Crippen molar-refractivity contribution in [3.05, 3.63) is 11.6 Å². The van der Waals surface area contributed by atoms with Crippen molar-refractivity contribution >= 4 is 5.78 Å². The van der Waals surface area contributed by atoms with E-state index in [9.17, 15) is 4.79 Å². The predicted octanol–water partition coefficient (Wildman–Crippen LogP) is 2.96. The smallest absolute Gasteiger partial charge is 0.136 e. The van der Waals surface area contributed by atoms with Crippen LogP contribution in [0, 0.1) is 11.3 Å². The molecule has 2 atom stereocenters. The van der Waals surface area contributed by atoms with Gasteiger partial charge >= 0.3 is 0 Å². The Hall–Kier alpha value is -0.590. The Morgan fingerprint density at radius 3 is 2.67 bits per heavy atom. The molecule has 0 aliphatic heterocycles. The van der Waals surface area contributed by atoms with Crippen molar-refractivity contribution in [3.8, 4) is 0 Å². The fourth-order valence-corrected chi connectivity index (χ4v) is 1.87. The summed E-state index contributed by atoms with van der Waals surface area (Å²) in [5, 5.41) is 0. The van der Waals surface area contributed by atoms with Crippen LogP contribution >= 0.6 is 0 Å². The first kappa shape index (κ1) is 9.50. The fourth-order valence-electron chi connectivity index (χ4n) is 1.87. The van der Waals surface area contributed by atoms with Crippen LogP contribution in [0.2, 0.25) is 0 Å². The SMILES string of the molecule is CC(=O)C1(C)CC=C(C)CC1C. The van der Waals surface area contributed by atoms with E-state index >= 15 is 0 Å². The van der Waals surface area contributed by atoms with Crippen LogP contribution in [-0.4, -0.2) is 5.78 Å². The van der Waals surface area contributed by atoms with Crippen molar-refractivity contribution in [1.29, 1.82) is 0 Å². The van der Waals surface area contributed by atoms with Crippen LogP contribution in [0.1, 0.15) is 40.5 Å². The predicted molar refractivity (Wildman–Crippen MR) is 50.9 cm³/mol. The average molecular weight is 166 g/mol. The van der Waals surface area contributed by atoms with Crippen molar-refractivity contribution in [2.75, 3.05) is 0 Å². The van der Waals surface area contributed by atoms with Gasteiger partial charge < -0.3 is 0 Å². The Bertz CT molecular complexity index is 227. The van der Waals surface area contributed by atoms with Crippen LogP contribution in [0.4, 0.5) is 0 Å². The van der Waals surface area contributed by atoms with Gasteiger partial charge in [-0.2, -0.15) is 0 Å². The molecule has 2 unspecified atom stereocenters. The van der Waals surface area contributed by atoms with E-state index in [1.165, 1.54) is 5.57 Å². The molecule has 0 spiro atoms. The highest BCUT2D eigenvalue weighted by molar-refractivity contribution is 5.82. The molecule has 1 nitrogen and oxygen atoms in total. The van der Waals surface area contributed by atoms with Gasteiger partial charge in [0.25, 0.3) is 0 Å². The standard InChI is InChI=1S/C11H18O/c1-8-5-6-11(4,10(3)12)9(2)7-8/h5,9H,6-7H2,1-4H3. The van der Waals surface area contributed by atoms with Crippen molar-refractivity contribution in [3.63, 3.8) is 0 Å². The molecule has 0 saturated carbocycles. The molecule has 0 aromatic heterocycles. The molecule has 12 heavy (non-hydrogen) atoms. The molecular formula is C11H18O. The molecule has 0 radical (unpaired) electrons. The van der Waals surface area contributed by atoms with E-state index in [1.54, 1.807) is 6.92 Å². The van der Waals surface area contributed by atoms with E-state index in [-0.39, 0.29) is 5.41 Å². The lowest BCUT2D eigenvalue weighted by molar-refractivity contribution is -0.128. The van der Waals surface area contributed by atoms with Crippen LogP contribution in [0.15, 0.2) is 11.6 Å². The maximum absolute atomic E-state index is 11.4. The highest BCUT2D eigenvalue weighted by Gasteiger charge is 2.36. The van der Waals surface area contributed by atoms with E-state index in [0.29, 0.717) is 11.7 Å². The number of rotatable bonds is 1. The second-order valence-electron chi connectivity index (χ2n) is 4.33. The Labute approximate surface area is 74.9 Å². The zero-order valence-electron chi connectivity index (χ0n) is 8.48. The maximum Gasteiger partial charge on any atom is 0.136 e. The van der Waals surface area contributed by atoms with Gasteiger partial charge in [0, 0.05) is 5.41 Å². The number of carbonyl (C=O) groups is 1. The third-order valence-electron chi connectivity index (χ3n) is 3.39. The lowest BCUT2D eigenvalue weighted by atomic mass is 9.67. The fraction of sp³-hybridized carbons (Fsp3) is 0.727. The first-order chi connectivity index (χ1) is 5.47.